The van der Waals surface area contributed by atoms with Crippen LogP contribution in [0.15, 0.2) is 73.3 Å². The molecule has 4 aromatic rings. The minimum absolute atomic E-state index is 0.203. The van der Waals surface area contributed by atoms with Crippen LogP contribution >= 0.6 is 0 Å². The third kappa shape index (κ3) is 3.94. The molecule has 10 heteroatoms. The minimum Gasteiger partial charge on any atom is -0.446 e. The Morgan fingerprint density at radius 3 is 2.39 bits per heavy atom. The summed E-state index contributed by atoms with van der Waals surface area (Å²) < 4.78 is 12.6. The van der Waals surface area contributed by atoms with Crippen molar-refractivity contribution in [1.82, 2.24) is 19.5 Å². The number of ketones is 1. The zero-order valence-electron chi connectivity index (χ0n) is 17.1. The predicted molar refractivity (Wildman–Crippen MR) is 115 cm³/mol. The van der Waals surface area contributed by atoms with Crippen molar-refractivity contribution in [2.75, 3.05) is 11.9 Å². The van der Waals surface area contributed by atoms with Crippen LogP contribution in [0.3, 0.4) is 0 Å². The number of Topliss-reactive ketones (excluding diaryl/α,β-unsaturated/α-hetero) is 1. The van der Waals surface area contributed by atoms with Crippen LogP contribution in [0.25, 0.3) is 11.2 Å². The number of hydrogen-bond donors (Lipinski definition) is 1. The van der Waals surface area contributed by atoms with Crippen LogP contribution in [0, 0.1) is 0 Å². The molecule has 1 fully saturated rings. The molecule has 5 rings (SSSR count). The lowest BCUT2D eigenvalue weighted by atomic mass is 10.2. The number of carbonyl (C=O) groups excluding carboxylic acids is 3. The van der Waals surface area contributed by atoms with Gasteiger partial charge < -0.3 is 14.8 Å². The summed E-state index contributed by atoms with van der Waals surface area (Å²) in [6, 6.07) is 17.0. The highest BCUT2D eigenvalue weighted by molar-refractivity contribution is 6.06. The summed E-state index contributed by atoms with van der Waals surface area (Å²) in [5.74, 6) is -1.17. The molecule has 1 amide bonds. The van der Waals surface area contributed by atoms with E-state index in [2.05, 4.69) is 20.3 Å². The molecule has 3 heterocycles. The molecule has 33 heavy (non-hydrogen) atoms. The van der Waals surface area contributed by atoms with E-state index in [-0.39, 0.29) is 24.1 Å². The number of aromatic nitrogens is 4. The second-order valence-corrected chi connectivity index (χ2v) is 7.23. The number of nitrogens with zero attached hydrogens (tertiary/aromatic N) is 4. The van der Waals surface area contributed by atoms with Gasteiger partial charge >= 0.3 is 5.97 Å². The van der Waals surface area contributed by atoms with Gasteiger partial charge in [-0.1, -0.05) is 36.4 Å². The highest BCUT2D eigenvalue weighted by Crippen LogP contribution is 2.29. The Morgan fingerprint density at radius 1 is 0.970 bits per heavy atom. The number of imidazole rings is 1. The number of nitrogens with one attached hydrogen (secondary N) is 1. The molecule has 0 radical (unpaired) electrons. The lowest BCUT2D eigenvalue weighted by Crippen LogP contribution is -2.30. The monoisotopic (exact) mass is 443 g/mol. The zero-order chi connectivity index (χ0) is 22.8. The van der Waals surface area contributed by atoms with Crippen molar-refractivity contribution in [1.29, 1.82) is 0 Å². The Morgan fingerprint density at radius 2 is 1.67 bits per heavy atom. The molecule has 2 aromatic carbocycles. The molecule has 2 atom stereocenters. The van der Waals surface area contributed by atoms with Crippen LogP contribution in [0.2, 0.25) is 0 Å². The zero-order valence-corrected chi connectivity index (χ0v) is 17.1. The molecule has 2 aromatic heterocycles. The summed E-state index contributed by atoms with van der Waals surface area (Å²) in [5, 5.41) is 2.72. The highest BCUT2D eigenvalue weighted by atomic mass is 16.6. The molecule has 10 nitrogen and oxygen atoms in total. The van der Waals surface area contributed by atoms with E-state index >= 15 is 0 Å². The van der Waals surface area contributed by atoms with Crippen LogP contribution in [-0.4, -0.2) is 49.9 Å². The van der Waals surface area contributed by atoms with Crippen molar-refractivity contribution in [2.24, 2.45) is 0 Å². The molecule has 1 aliphatic rings. The van der Waals surface area contributed by atoms with Crippen LogP contribution in [0.4, 0.5) is 5.82 Å². The van der Waals surface area contributed by atoms with Gasteiger partial charge in [-0.05, 0) is 24.3 Å². The van der Waals surface area contributed by atoms with Gasteiger partial charge in [0.1, 0.15) is 12.9 Å². The number of anilines is 1. The van der Waals surface area contributed by atoms with Crippen molar-refractivity contribution in [3.8, 4) is 0 Å². The van der Waals surface area contributed by atoms with E-state index in [0.29, 0.717) is 22.3 Å². The van der Waals surface area contributed by atoms with E-state index in [1.54, 1.807) is 54.6 Å². The fourth-order valence-electron chi connectivity index (χ4n) is 3.50. The summed E-state index contributed by atoms with van der Waals surface area (Å²) >= 11 is 0. The van der Waals surface area contributed by atoms with Crippen LogP contribution in [-0.2, 0) is 14.3 Å². The fraction of sp³-hybridized carbons (Fsp3) is 0.130. The lowest BCUT2D eigenvalue weighted by molar-refractivity contribution is -0.124. The molecule has 1 N–H and O–H groups in total. The number of ether oxygens (including phenoxy) is 2. The Kier molecular flexibility index (Phi) is 5.33. The Hall–Kier alpha value is -4.44. The van der Waals surface area contributed by atoms with Crippen LogP contribution in [0.1, 0.15) is 26.9 Å². The smallest absolute Gasteiger partial charge is 0.339 e. The Balaban J connectivity index is 1.42. The first-order chi connectivity index (χ1) is 16.1. The van der Waals surface area contributed by atoms with Gasteiger partial charge in [0, 0.05) is 5.56 Å². The number of rotatable bonds is 5. The maximum absolute atomic E-state index is 12.5. The van der Waals surface area contributed by atoms with E-state index in [0.717, 1.165) is 0 Å². The van der Waals surface area contributed by atoms with E-state index in [1.165, 1.54) is 17.2 Å². The standard InChI is InChI=1S/C23H17N5O5/c29-16-11-32-22(18(16)33-23(31)15-9-5-2-6-10-15)28-13-26-17-19(24-12-25-20(17)28)27-21(30)14-7-3-1-4-8-14/h1-10,12-13,18,22H,11H2,(H,24,25,27,30)/t18-,22-/m1/s1. The molecule has 1 aliphatic heterocycles. The van der Waals surface area contributed by atoms with Crippen molar-refractivity contribution >= 4 is 34.6 Å². The van der Waals surface area contributed by atoms with Crippen LogP contribution < -0.4 is 5.32 Å². The third-order valence-electron chi connectivity index (χ3n) is 5.12. The van der Waals surface area contributed by atoms with Crippen molar-refractivity contribution in [3.63, 3.8) is 0 Å². The fourth-order valence-corrected chi connectivity index (χ4v) is 3.50. The summed E-state index contributed by atoms with van der Waals surface area (Å²) in [6.45, 7) is -0.222. The van der Waals surface area contributed by atoms with Crippen molar-refractivity contribution in [2.45, 2.75) is 12.3 Å². The summed E-state index contributed by atoms with van der Waals surface area (Å²) in [4.78, 5) is 50.1. The number of amides is 1. The first-order valence-electron chi connectivity index (χ1n) is 10.1. The van der Waals surface area contributed by atoms with E-state index in [1.807, 2.05) is 6.07 Å². The Bertz CT molecular complexity index is 1340. The molecular formula is C23H17N5O5. The minimum atomic E-state index is -1.17. The average molecular weight is 443 g/mol. The maximum atomic E-state index is 12.5. The number of esters is 1. The van der Waals surface area contributed by atoms with Gasteiger partial charge in [0.15, 0.2) is 23.2 Å². The summed E-state index contributed by atoms with van der Waals surface area (Å²) in [7, 11) is 0. The normalized spacial score (nSPS) is 17.8. The van der Waals surface area contributed by atoms with Gasteiger partial charge in [-0.2, -0.15) is 0 Å². The predicted octanol–water partition coefficient (Wildman–Crippen LogP) is 2.40. The topological polar surface area (TPSA) is 125 Å². The summed E-state index contributed by atoms with van der Waals surface area (Å²) in [5.41, 5.74) is 1.40. The quantitative estimate of drug-likeness (QED) is 0.466. The average Bonchev–Trinajstić information content (AvgIpc) is 3.44. The van der Waals surface area contributed by atoms with E-state index < -0.39 is 18.3 Å². The first-order valence-corrected chi connectivity index (χ1v) is 10.1. The van der Waals surface area contributed by atoms with Crippen molar-refractivity contribution in [3.05, 3.63) is 84.4 Å². The van der Waals surface area contributed by atoms with Crippen LogP contribution in [0.5, 0.6) is 0 Å². The van der Waals surface area contributed by atoms with Gasteiger partial charge in [-0.15, -0.1) is 0 Å². The maximum Gasteiger partial charge on any atom is 0.339 e. The van der Waals surface area contributed by atoms with Gasteiger partial charge in [0.05, 0.1) is 11.9 Å². The molecule has 0 saturated carbocycles. The van der Waals surface area contributed by atoms with E-state index in [4.69, 9.17) is 9.47 Å². The molecule has 164 valence electrons. The molecule has 0 unspecified atom stereocenters. The number of benzene rings is 2. The number of hydrogen-bond acceptors (Lipinski definition) is 8. The second kappa shape index (κ2) is 8.60. The molecule has 0 bridgehead atoms. The first kappa shape index (κ1) is 20.5. The van der Waals surface area contributed by atoms with Gasteiger partial charge in [-0.25, -0.2) is 19.7 Å². The molecule has 0 spiro atoms. The number of fused-ring (bicyclic) bond motifs is 1. The van der Waals surface area contributed by atoms with Gasteiger partial charge in [0.2, 0.25) is 11.9 Å². The SMILES string of the molecule is O=C(Nc1ncnc2c1ncn2[C@@H]1OCC(=O)[C@H]1OC(=O)c1ccccc1)c1ccccc1. The summed E-state index contributed by atoms with van der Waals surface area (Å²) in [6.07, 6.45) is 0.544. The Labute approximate surface area is 187 Å². The largest absolute Gasteiger partial charge is 0.446 e. The third-order valence-corrected chi connectivity index (χ3v) is 5.12. The highest BCUT2D eigenvalue weighted by Gasteiger charge is 2.41. The van der Waals surface area contributed by atoms with Gasteiger partial charge in [-0.3, -0.25) is 14.2 Å². The molecule has 0 aliphatic carbocycles. The molecular weight excluding hydrogens is 426 g/mol. The van der Waals surface area contributed by atoms with Gasteiger partial charge in [0.25, 0.3) is 5.91 Å². The molecule has 1 saturated heterocycles. The van der Waals surface area contributed by atoms with Crippen molar-refractivity contribution < 1.29 is 23.9 Å². The second-order valence-electron chi connectivity index (χ2n) is 7.23. The van der Waals surface area contributed by atoms with E-state index in [9.17, 15) is 14.4 Å². The lowest BCUT2D eigenvalue weighted by Gasteiger charge is -2.19. The number of carbonyl (C=O) groups is 3.